The van der Waals surface area contributed by atoms with Gasteiger partial charge in [-0.1, -0.05) is 19.9 Å². The summed E-state index contributed by atoms with van der Waals surface area (Å²) in [5.41, 5.74) is 0. The van der Waals surface area contributed by atoms with Crippen LogP contribution in [0.2, 0.25) is 0 Å². The number of hydrogen-bond donors (Lipinski definition) is 0. The topological polar surface area (TPSA) is 0 Å². The van der Waals surface area contributed by atoms with Crippen molar-refractivity contribution >= 4 is 11.6 Å². The third-order valence-corrected chi connectivity index (χ3v) is 2.15. The maximum Gasteiger partial charge on any atom is 0.0957 e. The molecule has 0 heterocycles. The van der Waals surface area contributed by atoms with E-state index < -0.39 is 0 Å². The number of alkyl halides is 1. The molecule has 0 aromatic carbocycles. The molecule has 0 radical (unpaired) electrons. The highest BCUT2D eigenvalue weighted by atomic mass is 35.5. The first-order chi connectivity index (χ1) is 5.20. The highest BCUT2D eigenvalue weighted by Gasteiger charge is 1.97. The molecule has 0 amide bonds. The van der Waals surface area contributed by atoms with Gasteiger partial charge in [0.1, 0.15) is 0 Å². The summed E-state index contributed by atoms with van der Waals surface area (Å²) < 4.78 is 12.5. The second-order valence-electron chi connectivity index (χ2n) is 2.84. The molecule has 11 heavy (non-hydrogen) atoms. The van der Waals surface area contributed by atoms with Crippen molar-refractivity contribution in [1.82, 2.24) is 0 Å². The smallest absolute Gasteiger partial charge is 0.0957 e. The zero-order chi connectivity index (χ0) is 8.69. The monoisotopic (exact) mass is 178 g/mol. The first kappa shape index (κ1) is 11.0. The predicted octanol–water partition coefficient (Wildman–Crippen LogP) is 3.90. The van der Waals surface area contributed by atoms with Crippen molar-refractivity contribution in [3.63, 3.8) is 0 Å². The van der Waals surface area contributed by atoms with Gasteiger partial charge in [0.2, 0.25) is 0 Å². The Balaban J connectivity index is 3.39. The van der Waals surface area contributed by atoms with Gasteiger partial charge < -0.3 is 0 Å². The molecule has 66 valence electrons. The first-order valence-electron chi connectivity index (χ1n) is 4.11. The van der Waals surface area contributed by atoms with Crippen LogP contribution < -0.4 is 0 Å². The van der Waals surface area contributed by atoms with Crippen LogP contribution in [0.1, 0.15) is 33.1 Å². The highest BCUT2D eigenvalue weighted by molar-refractivity contribution is 6.18. The van der Waals surface area contributed by atoms with Crippen molar-refractivity contribution < 1.29 is 4.39 Å². The summed E-state index contributed by atoms with van der Waals surface area (Å²) in [6, 6.07) is 0. The minimum atomic E-state index is -0.00762. The fraction of sp³-hybridized carbons (Fsp3) is 0.778. The molecule has 0 fully saturated rings. The van der Waals surface area contributed by atoms with E-state index in [0.717, 1.165) is 12.8 Å². The van der Waals surface area contributed by atoms with E-state index in [0.29, 0.717) is 18.2 Å². The molecular formula is C9H16ClF. The molecule has 0 aromatic heterocycles. The second kappa shape index (κ2) is 6.66. The molecule has 0 saturated carbocycles. The Bertz CT molecular complexity index is 121. The van der Waals surface area contributed by atoms with Gasteiger partial charge in [0.15, 0.2) is 0 Å². The van der Waals surface area contributed by atoms with E-state index in [4.69, 9.17) is 11.6 Å². The van der Waals surface area contributed by atoms with Crippen molar-refractivity contribution in [3.05, 3.63) is 11.9 Å². The Hall–Kier alpha value is -0.0400. The standard InChI is InChI=1S/C9H16ClF/c1-3-9(11)6-4-5-8(2)7-10/h6,8H,3-5,7H2,1-2H3. The minimum Gasteiger partial charge on any atom is -0.212 e. The fourth-order valence-electron chi connectivity index (χ4n) is 0.746. The normalized spacial score (nSPS) is 15.1. The molecule has 0 saturated heterocycles. The summed E-state index contributed by atoms with van der Waals surface area (Å²) >= 11 is 5.59. The molecule has 2 heteroatoms. The molecule has 0 bridgehead atoms. The molecule has 1 atom stereocenters. The second-order valence-corrected chi connectivity index (χ2v) is 3.15. The molecule has 0 rings (SSSR count). The van der Waals surface area contributed by atoms with E-state index in [-0.39, 0.29) is 5.83 Å². The van der Waals surface area contributed by atoms with Crippen molar-refractivity contribution in [2.75, 3.05) is 5.88 Å². The van der Waals surface area contributed by atoms with Crippen LogP contribution in [0.25, 0.3) is 0 Å². The number of hydrogen-bond acceptors (Lipinski definition) is 0. The van der Waals surface area contributed by atoms with Crippen molar-refractivity contribution in [3.8, 4) is 0 Å². The molecule has 0 aliphatic heterocycles. The minimum absolute atomic E-state index is 0.00762. The van der Waals surface area contributed by atoms with E-state index in [9.17, 15) is 4.39 Å². The SMILES string of the molecule is CCC(F)=CCCC(C)CCl. The van der Waals surface area contributed by atoms with Gasteiger partial charge in [-0.3, -0.25) is 0 Å². The molecule has 0 spiro atoms. The third-order valence-electron chi connectivity index (χ3n) is 1.63. The van der Waals surface area contributed by atoms with Crippen LogP contribution >= 0.6 is 11.6 Å². The predicted molar refractivity (Wildman–Crippen MR) is 48.6 cm³/mol. The summed E-state index contributed by atoms with van der Waals surface area (Å²) in [7, 11) is 0. The van der Waals surface area contributed by atoms with E-state index in [1.165, 1.54) is 0 Å². The lowest BCUT2D eigenvalue weighted by atomic mass is 10.1. The van der Waals surface area contributed by atoms with Crippen molar-refractivity contribution in [2.24, 2.45) is 5.92 Å². The van der Waals surface area contributed by atoms with Crippen LogP contribution in [0.3, 0.4) is 0 Å². The lowest BCUT2D eigenvalue weighted by molar-refractivity contribution is 0.569. The average molecular weight is 179 g/mol. The van der Waals surface area contributed by atoms with Crippen LogP contribution in [-0.4, -0.2) is 5.88 Å². The van der Waals surface area contributed by atoms with Gasteiger partial charge in [-0.25, -0.2) is 4.39 Å². The molecule has 1 unspecified atom stereocenters. The summed E-state index contributed by atoms with van der Waals surface area (Å²) in [5, 5.41) is 0. The quantitative estimate of drug-likeness (QED) is 0.560. The number of rotatable bonds is 5. The van der Waals surface area contributed by atoms with Gasteiger partial charge in [-0.15, -0.1) is 11.6 Å². The van der Waals surface area contributed by atoms with Gasteiger partial charge in [-0.2, -0.15) is 0 Å². The Labute approximate surface area is 73.4 Å². The molecule has 0 aliphatic carbocycles. The Morgan fingerprint density at radius 2 is 2.27 bits per heavy atom. The first-order valence-corrected chi connectivity index (χ1v) is 4.64. The fourth-order valence-corrected chi connectivity index (χ4v) is 0.900. The zero-order valence-electron chi connectivity index (χ0n) is 7.24. The van der Waals surface area contributed by atoms with E-state index in [1.54, 1.807) is 6.08 Å². The lowest BCUT2D eigenvalue weighted by Crippen LogP contribution is -1.94. The molecule has 0 aromatic rings. The molecule has 0 aliphatic rings. The van der Waals surface area contributed by atoms with Crippen LogP contribution in [-0.2, 0) is 0 Å². The highest BCUT2D eigenvalue weighted by Crippen LogP contribution is 2.10. The van der Waals surface area contributed by atoms with E-state index >= 15 is 0 Å². The zero-order valence-corrected chi connectivity index (χ0v) is 7.99. The Morgan fingerprint density at radius 1 is 1.64 bits per heavy atom. The van der Waals surface area contributed by atoms with Crippen LogP contribution in [0.15, 0.2) is 11.9 Å². The summed E-state index contributed by atoms with van der Waals surface area (Å²) in [6.45, 7) is 3.89. The maximum absolute atomic E-state index is 12.5. The largest absolute Gasteiger partial charge is 0.212 e. The Morgan fingerprint density at radius 3 is 2.73 bits per heavy atom. The van der Waals surface area contributed by atoms with Crippen molar-refractivity contribution in [1.29, 1.82) is 0 Å². The number of allylic oxidation sites excluding steroid dienone is 2. The van der Waals surface area contributed by atoms with Crippen LogP contribution in [0.4, 0.5) is 4.39 Å². The summed E-state index contributed by atoms with van der Waals surface area (Å²) in [6.07, 6.45) is 3.96. The van der Waals surface area contributed by atoms with E-state index in [2.05, 4.69) is 6.92 Å². The Kier molecular flexibility index (Phi) is 6.63. The van der Waals surface area contributed by atoms with Gasteiger partial charge in [0.05, 0.1) is 5.83 Å². The van der Waals surface area contributed by atoms with Crippen LogP contribution in [0, 0.1) is 5.92 Å². The molecular weight excluding hydrogens is 163 g/mol. The molecule has 0 nitrogen and oxygen atoms in total. The van der Waals surface area contributed by atoms with E-state index in [1.807, 2.05) is 6.92 Å². The van der Waals surface area contributed by atoms with Crippen LogP contribution in [0.5, 0.6) is 0 Å². The van der Waals surface area contributed by atoms with Gasteiger partial charge >= 0.3 is 0 Å². The average Bonchev–Trinajstić information content (AvgIpc) is 2.04. The maximum atomic E-state index is 12.5. The summed E-state index contributed by atoms with van der Waals surface area (Å²) in [4.78, 5) is 0. The molecule has 0 N–H and O–H groups in total. The number of halogens is 2. The van der Waals surface area contributed by atoms with Gasteiger partial charge in [0, 0.05) is 5.88 Å². The lowest BCUT2D eigenvalue weighted by Gasteiger charge is -2.02. The third kappa shape index (κ3) is 6.36. The summed E-state index contributed by atoms with van der Waals surface area (Å²) in [5.74, 6) is 1.16. The van der Waals surface area contributed by atoms with Gasteiger partial charge in [0.25, 0.3) is 0 Å². The van der Waals surface area contributed by atoms with Gasteiger partial charge in [-0.05, 0) is 25.2 Å². The van der Waals surface area contributed by atoms with Crippen molar-refractivity contribution in [2.45, 2.75) is 33.1 Å².